The van der Waals surface area contributed by atoms with Gasteiger partial charge in [-0.05, 0) is 19.4 Å². The summed E-state index contributed by atoms with van der Waals surface area (Å²) in [6.07, 6.45) is 0.675. The number of nitrogens with zero attached hydrogens (tertiary/aromatic N) is 1. The third-order valence-corrected chi connectivity index (χ3v) is 1.80. The van der Waals surface area contributed by atoms with E-state index in [2.05, 4.69) is 5.16 Å². The van der Waals surface area contributed by atoms with Crippen molar-refractivity contribution in [3.05, 3.63) is 35.9 Å². The van der Waals surface area contributed by atoms with Crippen LogP contribution in [0.4, 0.5) is 0 Å². The quantitative estimate of drug-likeness (QED) is 0.422. The minimum atomic E-state index is 0.561. The van der Waals surface area contributed by atoms with Crippen molar-refractivity contribution in [3.63, 3.8) is 0 Å². The Morgan fingerprint density at radius 3 is 2.47 bits per heavy atom. The van der Waals surface area contributed by atoms with Crippen molar-refractivity contribution >= 4 is 5.90 Å². The first-order valence-electron chi connectivity index (χ1n) is 5.22. The van der Waals surface area contributed by atoms with Gasteiger partial charge in [0, 0.05) is 0 Å². The zero-order valence-electron chi connectivity index (χ0n) is 9.27. The van der Waals surface area contributed by atoms with Gasteiger partial charge in [0.15, 0.2) is 0 Å². The molecule has 3 nitrogen and oxygen atoms in total. The number of benzene rings is 1. The lowest BCUT2D eigenvalue weighted by molar-refractivity contribution is 0.144. The molecule has 0 bridgehead atoms. The van der Waals surface area contributed by atoms with Crippen molar-refractivity contribution in [2.75, 3.05) is 13.2 Å². The van der Waals surface area contributed by atoms with Gasteiger partial charge in [-0.25, -0.2) is 0 Å². The minimum Gasteiger partial charge on any atom is -0.479 e. The molecule has 0 radical (unpaired) electrons. The fourth-order valence-electron chi connectivity index (χ4n) is 1.18. The second-order valence-corrected chi connectivity index (χ2v) is 3.00. The molecule has 0 N–H and O–H groups in total. The predicted octanol–water partition coefficient (Wildman–Crippen LogP) is 2.62. The van der Waals surface area contributed by atoms with Crippen LogP contribution in [0.25, 0.3) is 0 Å². The molecule has 1 aromatic carbocycles. The molecule has 0 aromatic heterocycles. The lowest BCUT2D eigenvalue weighted by Crippen LogP contribution is -2.09. The Morgan fingerprint density at radius 1 is 1.13 bits per heavy atom. The number of ether oxygens (including phenoxy) is 1. The molecule has 1 aromatic rings. The summed E-state index contributed by atoms with van der Waals surface area (Å²) in [5.41, 5.74) is 1.17. The topological polar surface area (TPSA) is 30.8 Å². The van der Waals surface area contributed by atoms with Crippen molar-refractivity contribution < 1.29 is 9.57 Å². The maximum Gasteiger partial charge on any atom is 0.230 e. The molecule has 0 aliphatic carbocycles. The molecule has 0 aliphatic rings. The zero-order valence-corrected chi connectivity index (χ0v) is 9.27. The molecule has 3 heteroatoms. The summed E-state index contributed by atoms with van der Waals surface area (Å²) in [6.45, 7) is 5.01. The number of hydrogen-bond donors (Lipinski definition) is 0. The molecule has 15 heavy (non-hydrogen) atoms. The van der Waals surface area contributed by atoms with Crippen molar-refractivity contribution in [1.29, 1.82) is 0 Å². The van der Waals surface area contributed by atoms with E-state index >= 15 is 0 Å². The Balaban J connectivity index is 2.58. The van der Waals surface area contributed by atoms with Gasteiger partial charge in [-0.3, -0.25) is 0 Å². The Hall–Kier alpha value is -1.51. The summed E-state index contributed by atoms with van der Waals surface area (Å²) in [6, 6.07) is 10.1. The van der Waals surface area contributed by atoms with Gasteiger partial charge in [0.25, 0.3) is 0 Å². The van der Waals surface area contributed by atoms with Gasteiger partial charge in [-0.1, -0.05) is 35.5 Å². The highest BCUT2D eigenvalue weighted by Gasteiger charge is 2.02. The van der Waals surface area contributed by atoms with Crippen molar-refractivity contribution in [2.24, 2.45) is 5.16 Å². The molecule has 0 heterocycles. The van der Waals surface area contributed by atoms with E-state index in [1.165, 1.54) is 5.56 Å². The molecular weight excluding hydrogens is 190 g/mol. The maximum atomic E-state index is 5.37. The second kappa shape index (κ2) is 6.87. The van der Waals surface area contributed by atoms with Gasteiger partial charge in [-0.2, -0.15) is 0 Å². The molecule has 0 aliphatic heterocycles. The summed E-state index contributed by atoms with van der Waals surface area (Å²) in [5.74, 6) is 0.630. The maximum absolute atomic E-state index is 5.37. The number of hydrogen-bond acceptors (Lipinski definition) is 3. The second-order valence-electron chi connectivity index (χ2n) is 3.00. The first kappa shape index (κ1) is 11.6. The van der Waals surface area contributed by atoms with Gasteiger partial charge in [0.1, 0.15) is 6.61 Å². The average molecular weight is 207 g/mol. The van der Waals surface area contributed by atoms with E-state index in [1.54, 1.807) is 0 Å². The number of rotatable bonds is 5. The van der Waals surface area contributed by atoms with Crippen LogP contribution in [0.15, 0.2) is 35.5 Å². The summed E-state index contributed by atoms with van der Waals surface area (Å²) in [4.78, 5) is 4.98. The molecule has 0 atom stereocenters. The van der Waals surface area contributed by atoms with Crippen LogP contribution in [0.3, 0.4) is 0 Å². The van der Waals surface area contributed by atoms with Crippen molar-refractivity contribution in [1.82, 2.24) is 0 Å². The van der Waals surface area contributed by atoms with E-state index in [0.29, 0.717) is 25.5 Å². The standard InChI is InChI=1S/C12H17NO2/c1-3-14-12(13-15-4-2)10-11-8-6-5-7-9-11/h5-9H,3-4,10H2,1-2H3/b13-12-. The van der Waals surface area contributed by atoms with Crippen LogP contribution in [-0.2, 0) is 16.0 Å². The predicted molar refractivity (Wildman–Crippen MR) is 60.8 cm³/mol. The molecule has 0 saturated heterocycles. The summed E-state index contributed by atoms with van der Waals surface area (Å²) in [5, 5.41) is 3.92. The average Bonchev–Trinajstić information content (AvgIpc) is 2.28. The third-order valence-electron chi connectivity index (χ3n) is 1.80. The van der Waals surface area contributed by atoms with Gasteiger partial charge in [-0.15, -0.1) is 0 Å². The zero-order chi connectivity index (χ0) is 10.9. The molecule has 0 fully saturated rings. The van der Waals surface area contributed by atoms with Crippen LogP contribution < -0.4 is 0 Å². The van der Waals surface area contributed by atoms with Gasteiger partial charge in [0.05, 0.1) is 13.0 Å². The van der Waals surface area contributed by atoms with Gasteiger partial charge in [0.2, 0.25) is 5.90 Å². The molecule has 0 spiro atoms. The van der Waals surface area contributed by atoms with Crippen LogP contribution >= 0.6 is 0 Å². The summed E-state index contributed by atoms with van der Waals surface area (Å²) < 4.78 is 5.37. The molecule has 0 unspecified atom stereocenters. The van der Waals surface area contributed by atoms with Crippen LogP contribution in [0.5, 0.6) is 0 Å². The van der Waals surface area contributed by atoms with E-state index in [-0.39, 0.29) is 0 Å². The first-order chi connectivity index (χ1) is 7.36. The van der Waals surface area contributed by atoms with E-state index in [9.17, 15) is 0 Å². The highest BCUT2D eigenvalue weighted by Crippen LogP contribution is 2.02. The van der Waals surface area contributed by atoms with Gasteiger partial charge < -0.3 is 9.57 Å². The molecular formula is C12H17NO2. The smallest absolute Gasteiger partial charge is 0.230 e. The molecule has 82 valence electrons. The molecule has 0 amide bonds. The monoisotopic (exact) mass is 207 g/mol. The van der Waals surface area contributed by atoms with Crippen molar-refractivity contribution in [2.45, 2.75) is 20.3 Å². The Labute approximate surface area is 90.7 Å². The lowest BCUT2D eigenvalue weighted by atomic mass is 10.1. The SMILES string of the molecule is CCO/N=C(/Cc1ccccc1)OCC. The lowest BCUT2D eigenvalue weighted by Gasteiger charge is -2.06. The number of oxime groups is 1. The van der Waals surface area contributed by atoms with Crippen LogP contribution in [0.1, 0.15) is 19.4 Å². The molecule has 1 rings (SSSR count). The Kier molecular flexibility index (Phi) is 5.30. The van der Waals surface area contributed by atoms with E-state index in [1.807, 2.05) is 44.2 Å². The van der Waals surface area contributed by atoms with E-state index in [4.69, 9.17) is 9.57 Å². The van der Waals surface area contributed by atoms with Crippen LogP contribution in [-0.4, -0.2) is 19.1 Å². The minimum absolute atomic E-state index is 0.561. The fraction of sp³-hybridized carbons (Fsp3) is 0.417. The fourth-order valence-corrected chi connectivity index (χ4v) is 1.18. The van der Waals surface area contributed by atoms with Crippen LogP contribution in [0.2, 0.25) is 0 Å². The Bertz CT molecular complexity index is 296. The third kappa shape index (κ3) is 4.49. The van der Waals surface area contributed by atoms with E-state index in [0.717, 1.165) is 0 Å². The largest absolute Gasteiger partial charge is 0.479 e. The first-order valence-corrected chi connectivity index (χ1v) is 5.22. The van der Waals surface area contributed by atoms with E-state index < -0.39 is 0 Å². The van der Waals surface area contributed by atoms with Crippen LogP contribution in [0, 0.1) is 0 Å². The normalized spacial score (nSPS) is 11.2. The highest BCUT2D eigenvalue weighted by molar-refractivity contribution is 5.78. The van der Waals surface area contributed by atoms with Crippen molar-refractivity contribution in [3.8, 4) is 0 Å². The summed E-state index contributed by atoms with van der Waals surface area (Å²) >= 11 is 0. The molecule has 0 saturated carbocycles. The highest BCUT2D eigenvalue weighted by atomic mass is 16.6. The van der Waals surface area contributed by atoms with Gasteiger partial charge >= 0.3 is 0 Å². The Morgan fingerprint density at radius 2 is 1.87 bits per heavy atom. The summed E-state index contributed by atoms with van der Waals surface area (Å²) in [7, 11) is 0.